The largest absolute Gasteiger partial charge is 0.463 e. The van der Waals surface area contributed by atoms with Crippen LogP contribution in [0.1, 0.15) is 12.0 Å². The summed E-state index contributed by atoms with van der Waals surface area (Å²) < 4.78 is 4.93. The second-order valence-electron chi connectivity index (χ2n) is 6.23. The number of cyclic esters (lactones) is 1. The molecule has 0 aliphatic carbocycles. The second kappa shape index (κ2) is 7.45. The molecule has 0 aromatic heterocycles. The van der Waals surface area contributed by atoms with Crippen LogP contribution in [0.3, 0.4) is 0 Å². The van der Waals surface area contributed by atoms with Crippen molar-refractivity contribution in [2.45, 2.75) is 12.8 Å². The van der Waals surface area contributed by atoms with Gasteiger partial charge in [0.2, 0.25) is 5.91 Å². The first kappa shape index (κ1) is 16.5. The molecular formula is C19H22N2O3. The van der Waals surface area contributed by atoms with Crippen molar-refractivity contribution in [3.8, 4) is 0 Å². The van der Waals surface area contributed by atoms with Crippen LogP contribution < -0.4 is 5.73 Å². The van der Waals surface area contributed by atoms with Crippen molar-refractivity contribution in [1.82, 2.24) is 4.90 Å². The van der Waals surface area contributed by atoms with Crippen molar-refractivity contribution < 1.29 is 14.3 Å². The van der Waals surface area contributed by atoms with Crippen LogP contribution in [0, 0.1) is 5.92 Å². The molecule has 1 amide bonds. The summed E-state index contributed by atoms with van der Waals surface area (Å²) in [5.41, 5.74) is 6.76. The SMILES string of the molecule is NC(=O)C(CCN1CCOC(=O)C1)Cc1cccc2ccccc12. The lowest BCUT2D eigenvalue weighted by Gasteiger charge is -2.27. The molecule has 3 rings (SSSR count). The van der Waals surface area contributed by atoms with Crippen LogP contribution in [0.4, 0.5) is 0 Å². The molecule has 5 nitrogen and oxygen atoms in total. The van der Waals surface area contributed by atoms with E-state index in [0.29, 0.717) is 39.1 Å². The molecule has 0 radical (unpaired) electrons. The number of nitrogens with zero attached hydrogens (tertiary/aromatic N) is 1. The van der Waals surface area contributed by atoms with Crippen LogP contribution in [0.2, 0.25) is 0 Å². The normalized spacial score (nSPS) is 16.8. The molecule has 1 heterocycles. The first-order chi connectivity index (χ1) is 11.6. The van der Waals surface area contributed by atoms with E-state index in [9.17, 15) is 9.59 Å². The van der Waals surface area contributed by atoms with Gasteiger partial charge in [0.25, 0.3) is 0 Å². The van der Waals surface area contributed by atoms with E-state index < -0.39 is 0 Å². The van der Waals surface area contributed by atoms with Crippen molar-refractivity contribution in [3.63, 3.8) is 0 Å². The Morgan fingerprint density at radius 1 is 1.21 bits per heavy atom. The summed E-state index contributed by atoms with van der Waals surface area (Å²) in [6.07, 6.45) is 1.26. The monoisotopic (exact) mass is 326 g/mol. The molecule has 5 heteroatoms. The highest BCUT2D eigenvalue weighted by Crippen LogP contribution is 2.22. The molecule has 2 aromatic carbocycles. The number of nitrogens with two attached hydrogens (primary N) is 1. The summed E-state index contributed by atoms with van der Waals surface area (Å²) in [7, 11) is 0. The first-order valence-corrected chi connectivity index (χ1v) is 8.27. The van der Waals surface area contributed by atoms with Gasteiger partial charge in [0.05, 0.1) is 6.54 Å². The summed E-state index contributed by atoms with van der Waals surface area (Å²) in [5.74, 6) is -0.734. The van der Waals surface area contributed by atoms with Gasteiger partial charge in [0, 0.05) is 12.5 Å². The number of primary amides is 1. The fourth-order valence-electron chi connectivity index (χ4n) is 3.21. The molecule has 1 aliphatic rings. The van der Waals surface area contributed by atoms with Gasteiger partial charge in [0.15, 0.2) is 0 Å². The molecule has 1 atom stereocenters. The number of morpholine rings is 1. The highest BCUT2D eigenvalue weighted by Gasteiger charge is 2.22. The zero-order valence-corrected chi connectivity index (χ0v) is 13.6. The van der Waals surface area contributed by atoms with Crippen molar-refractivity contribution in [2.24, 2.45) is 11.7 Å². The van der Waals surface area contributed by atoms with Gasteiger partial charge < -0.3 is 10.5 Å². The Kier molecular flexibility index (Phi) is 5.11. The van der Waals surface area contributed by atoms with Crippen LogP contribution in [0.5, 0.6) is 0 Å². The molecule has 0 spiro atoms. The maximum absolute atomic E-state index is 11.9. The fourth-order valence-corrected chi connectivity index (χ4v) is 3.21. The molecule has 1 unspecified atom stereocenters. The minimum atomic E-state index is -0.289. The van der Waals surface area contributed by atoms with E-state index in [2.05, 4.69) is 24.3 Å². The molecule has 126 valence electrons. The van der Waals surface area contributed by atoms with E-state index in [4.69, 9.17) is 10.5 Å². The number of carbonyl (C=O) groups is 2. The number of fused-ring (bicyclic) bond motifs is 1. The van der Waals surface area contributed by atoms with Gasteiger partial charge >= 0.3 is 5.97 Å². The van der Waals surface area contributed by atoms with E-state index in [1.165, 1.54) is 0 Å². The topological polar surface area (TPSA) is 72.6 Å². The molecule has 1 saturated heterocycles. The van der Waals surface area contributed by atoms with Crippen LogP contribution >= 0.6 is 0 Å². The predicted octanol–water partition coefficient (Wildman–Crippen LogP) is 1.73. The number of amides is 1. The van der Waals surface area contributed by atoms with E-state index in [1.54, 1.807) is 0 Å². The number of esters is 1. The van der Waals surface area contributed by atoms with Crippen LogP contribution in [0.25, 0.3) is 10.8 Å². The Balaban J connectivity index is 1.69. The lowest BCUT2D eigenvalue weighted by Crippen LogP contribution is -2.41. The van der Waals surface area contributed by atoms with Crippen molar-refractivity contribution in [2.75, 3.05) is 26.2 Å². The van der Waals surface area contributed by atoms with Crippen LogP contribution in [-0.2, 0) is 20.7 Å². The third kappa shape index (κ3) is 3.92. The number of hydrogen-bond donors (Lipinski definition) is 1. The summed E-state index contributed by atoms with van der Waals surface area (Å²) in [4.78, 5) is 25.2. The molecule has 2 aromatic rings. The summed E-state index contributed by atoms with van der Waals surface area (Å²) in [6, 6.07) is 14.3. The highest BCUT2D eigenvalue weighted by atomic mass is 16.5. The van der Waals surface area contributed by atoms with Gasteiger partial charge in [0.1, 0.15) is 6.61 Å². The third-order valence-corrected chi connectivity index (χ3v) is 4.57. The van der Waals surface area contributed by atoms with Gasteiger partial charge in [-0.1, -0.05) is 42.5 Å². The first-order valence-electron chi connectivity index (χ1n) is 8.27. The Labute approximate surface area is 141 Å². The van der Waals surface area contributed by atoms with Gasteiger partial charge in [-0.05, 0) is 35.7 Å². The van der Waals surface area contributed by atoms with Gasteiger partial charge in [-0.3, -0.25) is 14.5 Å². The van der Waals surface area contributed by atoms with Crippen molar-refractivity contribution >= 4 is 22.6 Å². The fraction of sp³-hybridized carbons (Fsp3) is 0.368. The quantitative estimate of drug-likeness (QED) is 0.821. The Morgan fingerprint density at radius 3 is 2.79 bits per heavy atom. The van der Waals surface area contributed by atoms with E-state index in [1.807, 2.05) is 23.1 Å². The van der Waals surface area contributed by atoms with Crippen LogP contribution in [0.15, 0.2) is 42.5 Å². The average Bonchev–Trinajstić information content (AvgIpc) is 2.58. The third-order valence-electron chi connectivity index (χ3n) is 4.57. The molecule has 0 bridgehead atoms. The van der Waals surface area contributed by atoms with Gasteiger partial charge in [-0.25, -0.2) is 0 Å². The Hall–Kier alpha value is -2.40. The summed E-state index contributed by atoms with van der Waals surface area (Å²) in [6.45, 7) is 2.10. The zero-order chi connectivity index (χ0) is 16.9. The molecule has 1 aliphatic heterocycles. The number of carbonyl (C=O) groups excluding carboxylic acids is 2. The molecule has 24 heavy (non-hydrogen) atoms. The van der Waals surface area contributed by atoms with Crippen molar-refractivity contribution in [3.05, 3.63) is 48.0 Å². The van der Waals surface area contributed by atoms with E-state index >= 15 is 0 Å². The minimum absolute atomic E-state index is 0.203. The maximum atomic E-state index is 11.9. The molecule has 0 saturated carbocycles. The molecular weight excluding hydrogens is 304 g/mol. The number of rotatable bonds is 6. The lowest BCUT2D eigenvalue weighted by molar-refractivity contribution is -0.150. The maximum Gasteiger partial charge on any atom is 0.320 e. The molecule has 1 fully saturated rings. The van der Waals surface area contributed by atoms with Gasteiger partial charge in [-0.15, -0.1) is 0 Å². The summed E-state index contributed by atoms with van der Waals surface area (Å²) in [5, 5.41) is 2.32. The smallest absolute Gasteiger partial charge is 0.320 e. The average molecular weight is 326 g/mol. The lowest BCUT2D eigenvalue weighted by atomic mass is 9.92. The second-order valence-corrected chi connectivity index (χ2v) is 6.23. The Morgan fingerprint density at radius 2 is 2.00 bits per heavy atom. The number of ether oxygens (including phenoxy) is 1. The Bertz CT molecular complexity index is 739. The number of benzene rings is 2. The van der Waals surface area contributed by atoms with E-state index in [-0.39, 0.29) is 17.8 Å². The van der Waals surface area contributed by atoms with Crippen LogP contribution in [-0.4, -0.2) is 43.0 Å². The minimum Gasteiger partial charge on any atom is -0.463 e. The standard InChI is InChI=1S/C19H22N2O3/c20-19(23)16(8-9-21-10-11-24-18(22)13-21)12-15-6-3-5-14-4-1-2-7-17(14)15/h1-7,16H,8-13H2,(H2,20,23). The summed E-state index contributed by atoms with van der Waals surface area (Å²) >= 11 is 0. The van der Waals surface area contributed by atoms with E-state index in [0.717, 1.165) is 16.3 Å². The van der Waals surface area contributed by atoms with Crippen molar-refractivity contribution in [1.29, 1.82) is 0 Å². The molecule has 2 N–H and O–H groups in total. The predicted molar refractivity (Wildman–Crippen MR) is 92.4 cm³/mol. The highest BCUT2D eigenvalue weighted by molar-refractivity contribution is 5.86. The van der Waals surface area contributed by atoms with Gasteiger partial charge in [-0.2, -0.15) is 0 Å². The number of hydrogen-bond acceptors (Lipinski definition) is 4. The zero-order valence-electron chi connectivity index (χ0n) is 13.6.